The lowest BCUT2D eigenvalue weighted by atomic mass is 9.86. The number of rotatable bonds is 8. The zero-order valence-electron chi connectivity index (χ0n) is 15.2. The summed E-state index contributed by atoms with van der Waals surface area (Å²) in [5, 5.41) is 20.4. The summed E-state index contributed by atoms with van der Waals surface area (Å²) in [6, 6.07) is 12.5. The van der Waals surface area contributed by atoms with Crippen LogP contribution < -0.4 is 11.1 Å². The zero-order valence-corrected chi connectivity index (χ0v) is 16.0. The first-order valence-corrected chi connectivity index (χ1v) is 10.1. The van der Waals surface area contributed by atoms with E-state index in [9.17, 15) is 18.3 Å². The molecule has 0 aliphatic heterocycles. The summed E-state index contributed by atoms with van der Waals surface area (Å²) in [4.78, 5) is 12.3. The maximum atomic E-state index is 12.2. The average Bonchev–Trinajstić information content (AvgIpc) is 2.66. The maximum Gasteiger partial charge on any atom is 0.334 e. The Labute approximate surface area is 158 Å². The summed E-state index contributed by atoms with van der Waals surface area (Å²) in [7, 11) is -3.46. The average molecular weight is 389 g/mol. The Balaban J connectivity index is 2.53. The number of amidine groups is 1. The minimum Gasteiger partial charge on any atom is -0.479 e. The SMILES string of the molecule is CCC(Nc1ccc(C(=N)N)cc1)(C(=O)O)c1cccc(S(=O)(=O)CC)c1. The fourth-order valence-corrected chi connectivity index (χ4v) is 3.72. The molecule has 0 saturated carbocycles. The topological polar surface area (TPSA) is 133 Å². The number of anilines is 1. The van der Waals surface area contributed by atoms with Crippen LogP contribution in [0.4, 0.5) is 5.69 Å². The lowest BCUT2D eigenvalue weighted by Gasteiger charge is -2.31. The number of benzene rings is 2. The quantitative estimate of drug-likeness (QED) is 0.405. The van der Waals surface area contributed by atoms with Gasteiger partial charge in [0.15, 0.2) is 15.4 Å². The Kier molecular flexibility index (Phi) is 5.90. The summed E-state index contributed by atoms with van der Waals surface area (Å²) in [5.41, 5.74) is 5.33. The summed E-state index contributed by atoms with van der Waals surface area (Å²) >= 11 is 0. The number of carboxylic acids is 1. The molecule has 0 spiro atoms. The van der Waals surface area contributed by atoms with Crippen molar-refractivity contribution >= 4 is 27.3 Å². The normalized spacial score (nSPS) is 13.6. The van der Waals surface area contributed by atoms with Crippen molar-refractivity contribution in [3.05, 3.63) is 59.7 Å². The van der Waals surface area contributed by atoms with Crippen molar-refractivity contribution < 1.29 is 18.3 Å². The van der Waals surface area contributed by atoms with Crippen LogP contribution in [0.3, 0.4) is 0 Å². The van der Waals surface area contributed by atoms with Gasteiger partial charge in [-0.25, -0.2) is 13.2 Å². The van der Waals surface area contributed by atoms with Crippen molar-refractivity contribution in [2.45, 2.75) is 30.7 Å². The van der Waals surface area contributed by atoms with E-state index < -0.39 is 21.3 Å². The van der Waals surface area contributed by atoms with Crippen LogP contribution in [0, 0.1) is 5.41 Å². The van der Waals surface area contributed by atoms with Gasteiger partial charge in [-0.3, -0.25) is 5.41 Å². The molecule has 0 heterocycles. The number of sulfone groups is 1. The number of aliphatic carboxylic acids is 1. The van der Waals surface area contributed by atoms with Gasteiger partial charge < -0.3 is 16.2 Å². The lowest BCUT2D eigenvalue weighted by Crippen LogP contribution is -2.43. The van der Waals surface area contributed by atoms with Crippen molar-refractivity contribution in [3.63, 3.8) is 0 Å². The van der Waals surface area contributed by atoms with E-state index in [1.807, 2.05) is 0 Å². The molecule has 0 aliphatic carbocycles. The minimum atomic E-state index is -3.46. The summed E-state index contributed by atoms with van der Waals surface area (Å²) in [6.45, 7) is 3.26. The molecule has 144 valence electrons. The number of nitrogen functional groups attached to an aromatic ring is 1. The maximum absolute atomic E-state index is 12.2. The summed E-state index contributed by atoms with van der Waals surface area (Å²) in [5.74, 6) is -1.27. The molecule has 7 nitrogen and oxygen atoms in total. The molecule has 0 aromatic heterocycles. The number of hydrogen-bond acceptors (Lipinski definition) is 5. The second kappa shape index (κ2) is 7.79. The van der Waals surface area contributed by atoms with Crippen LogP contribution in [0.15, 0.2) is 53.4 Å². The van der Waals surface area contributed by atoms with Crippen molar-refractivity contribution in [3.8, 4) is 0 Å². The molecule has 5 N–H and O–H groups in total. The van der Waals surface area contributed by atoms with E-state index in [2.05, 4.69) is 5.32 Å². The molecule has 1 atom stereocenters. The molecule has 2 aromatic carbocycles. The fraction of sp³-hybridized carbons (Fsp3) is 0.263. The van der Waals surface area contributed by atoms with Crippen molar-refractivity contribution in [2.24, 2.45) is 5.73 Å². The second-order valence-corrected chi connectivity index (χ2v) is 8.39. The largest absolute Gasteiger partial charge is 0.479 e. The monoisotopic (exact) mass is 389 g/mol. The first kappa shape index (κ1) is 20.4. The summed E-state index contributed by atoms with van der Waals surface area (Å²) < 4.78 is 24.4. The van der Waals surface area contributed by atoms with Crippen molar-refractivity contribution in [1.29, 1.82) is 5.41 Å². The highest BCUT2D eigenvalue weighted by atomic mass is 32.2. The van der Waals surface area contributed by atoms with Crippen LogP contribution in [0.5, 0.6) is 0 Å². The Morgan fingerprint density at radius 1 is 1.19 bits per heavy atom. The summed E-state index contributed by atoms with van der Waals surface area (Å²) in [6.07, 6.45) is 0.187. The molecule has 1 unspecified atom stereocenters. The fourth-order valence-electron chi connectivity index (χ4n) is 2.79. The molecule has 27 heavy (non-hydrogen) atoms. The molecular formula is C19H23N3O4S. The number of carboxylic acid groups (broad SMARTS) is 1. The van der Waals surface area contributed by atoms with E-state index in [-0.39, 0.29) is 22.9 Å². The van der Waals surface area contributed by atoms with Crippen molar-refractivity contribution in [2.75, 3.05) is 11.1 Å². The van der Waals surface area contributed by atoms with Crippen LogP contribution in [0.1, 0.15) is 31.4 Å². The van der Waals surface area contributed by atoms with Gasteiger partial charge in [-0.1, -0.05) is 26.0 Å². The van der Waals surface area contributed by atoms with Gasteiger partial charge in [0.05, 0.1) is 10.6 Å². The first-order chi connectivity index (χ1) is 12.7. The number of nitrogens with two attached hydrogens (primary N) is 1. The van der Waals surface area contributed by atoms with Crippen LogP contribution in [-0.2, 0) is 20.2 Å². The highest BCUT2D eigenvalue weighted by Crippen LogP contribution is 2.32. The van der Waals surface area contributed by atoms with Gasteiger partial charge in [-0.05, 0) is 48.4 Å². The third-order valence-electron chi connectivity index (χ3n) is 4.52. The van der Waals surface area contributed by atoms with E-state index in [1.165, 1.54) is 12.1 Å². The molecule has 2 rings (SSSR count). The predicted octanol–water partition coefficient (Wildman–Crippen LogP) is 2.57. The van der Waals surface area contributed by atoms with E-state index in [4.69, 9.17) is 11.1 Å². The van der Waals surface area contributed by atoms with Crippen LogP contribution in [0.2, 0.25) is 0 Å². The number of nitrogens with one attached hydrogen (secondary N) is 2. The molecule has 8 heteroatoms. The van der Waals surface area contributed by atoms with Crippen LogP contribution in [0.25, 0.3) is 0 Å². The molecule has 0 amide bonds. The standard InChI is InChI=1S/C19H23N3O4S/c1-3-19(18(23)24,22-15-10-8-13(9-11-15)17(20)21)14-6-5-7-16(12-14)27(25,26)4-2/h5-12,22H,3-4H2,1-2H3,(H3,20,21)(H,23,24). The van der Waals surface area contributed by atoms with E-state index in [0.29, 0.717) is 16.8 Å². The van der Waals surface area contributed by atoms with Gasteiger partial charge in [-0.15, -0.1) is 0 Å². The van der Waals surface area contributed by atoms with Crippen LogP contribution >= 0.6 is 0 Å². The van der Waals surface area contributed by atoms with Gasteiger partial charge >= 0.3 is 5.97 Å². The molecule has 0 bridgehead atoms. The van der Waals surface area contributed by atoms with Gasteiger partial charge in [0.1, 0.15) is 5.84 Å². The molecule has 0 radical (unpaired) electrons. The Hall–Kier alpha value is -2.87. The van der Waals surface area contributed by atoms with Gasteiger partial charge in [0.25, 0.3) is 0 Å². The molecule has 0 aliphatic rings. The van der Waals surface area contributed by atoms with Gasteiger partial charge in [0.2, 0.25) is 0 Å². The number of carbonyl (C=O) groups is 1. The Morgan fingerprint density at radius 3 is 2.30 bits per heavy atom. The van der Waals surface area contributed by atoms with E-state index in [1.54, 1.807) is 50.2 Å². The first-order valence-electron chi connectivity index (χ1n) is 8.45. The molecule has 0 fully saturated rings. The number of hydrogen-bond donors (Lipinski definition) is 4. The third-order valence-corrected chi connectivity index (χ3v) is 6.25. The van der Waals surface area contributed by atoms with E-state index >= 15 is 0 Å². The zero-order chi connectivity index (χ0) is 20.2. The molecule has 2 aromatic rings. The smallest absolute Gasteiger partial charge is 0.334 e. The Bertz CT molecular complexity index is 955. The third kappa shape index (κ3) is 4.11. The predicted molar refractivity (Wildman–Crippen MR) is 105 cm³/mol. The van der Waals surface area contributed by atoms with Gasteiger partial charge in [0, 0.05) is 11.3 Å². The highest BCUT2D eigenvalue weighted by Gasteiger charge is 2.39. The molecule has 0 saturated heterocycles. The second-order valence-electron chi connectivity index (χ2n) is 6.11. The van der Waals surface area contributed by atoms with E-state index in [0.717, 1.165) is 0 Å². The van der Waals surface area contributed by atoms with Gasteiger partial charge in [-0.2, -0.15) is 0 Å². The van der Waals surface area contributed by atoms with Crippen LogP contribution in [-0.4, -0.2) is 31.1 Å². The lowest BCUT2D eigenvalue weighted by molar-refractivity contribution is -0.142. The Morgan fingerprint density at radius 2 is 1.81 bits per heavy atom. The minimum absolute atomic E-state index is 0.0669. The highest BCUT2D eigenvalue weighted by molar-refractivity contribution is 7.91. The molecular weight excluding hydrogens is 366 g/mol. The van der Waals surface area contributed by atoms with Crippen molar-refractivity contribution in [1.82, 2.24) is 0 Å².